The lowest BCUT2D eigenvalue weighted by atomic mass is 10.00. The average molecular weight is 340 g/mol. The molecule has 1 N–H and O–H groups in total. The van der Waals surface area contributed by atoms with Gasteiger partial charge in [0.2, 0.25) is 0 Å². The van der Waals surface area contributed by atoms with Crippen molar-refractivity contribution in [2.45, 2.75) is 31.8 Å². The van der Waals surface area contributed by atoms with Gasteiger partial charge in [0.05, 0.1) is 9.89 Å². The molecule has 14 heavy (non-hydrogen) atoms. The normalized spacial score (nSPS) is 20.2. The van der Waals surface area contributed by atoms with Crippen LogP contribution in [0.1, 0.15) is 36.7 Å². The van der Waals surface area contributed by atoms with Crippen molar-refractivity contribution in [2.75, 3.05) is 0 Å². The van der Waals surface area contributed by atoms with Gasteiger partial charge in [-0.15, -0.1) is 11.3 Å². The smallest absolute Gasteiger partial charge is 0.0910 e. The van der Waals surface area contributed by atoms with Crippen LogP contribution in [0.3, 0.4) is 0 Å². The zero-order valence-corrected chi connectivity index (χ0v) is 11.7. The van der Waals surface area contributed by atoms with Crippen LogP contribution in [0, 0.1) is 5.92 Å². The van der Waals surface area contributed by atoms with E-state index in [-0.39, 0.29) is 6.10 Å². The van der Waals surface area contributed by atoms with Gasteiger partial charge in [-0.25, -0.2) is 0 Å². The van der Waals surface area contributed by atoms with E-state index in [1.807, 2.05) is 6.07 Å². The Morgan fingerprint density at radius 3 is 2.50 bits per heavy atom. The first-order chi connectivity index (χ1) is 6.68. The van der Waals surface area contributed by atoms with Crippen LogP contribution in [0.25, 0.3) is 0 Å². The van der Waals surface area contributed by atoms with Crippen molar-refractivity contribution in [3.63, 3.8) is 0 Å². The average Bonchev–Trinajstić information content (AvgIpc) is 2.76. The minimum Gasteiger partial charge on any atom is -0.387 e. The highest BCUT2D eigenvalue weighted by molar-refractivity contribution is 9.13. The summed E-state index contributed by atoms with van der Waals surface area (Å²) in [7, 11) is 0. The Balaban J connectivity index is 2.13. The summed E-state index contributed by atoms with van der Waals surface area (Å²) in [5.74, 6) is 0.479. The largest absolute Gasteiger partial charge is 0.387 e. The first-order valence-corrected chi connectivity index (χ1v) is 7.21. The molecule has 1 unspecified atom stereocenters. The summed E-state index contributed by atoms with van der Waals surface area (Å²) in [4.78, 5) is 1.08. The van der Waals surface area contributed by atoms with Gasteiger partial charge >= 0.3 is 0 Å². The van der Waals surface area contributed by atoms with Crippen molar-refractivity contribution in [1.82, 2.24) is 0 Å². The van der Waals surface area contributed by atoms with Crippen LogP contribution in [0.5, 0.6) is 0 Å². The maximum Gasteiger partial charge on any atom is 0.0910 e. The second-order valence-corrected chi connectivity index (χ2v) is 7.02. The van der Waals surface area contributed by atoms with E-state index in [1.54, 1.807) is 11.3 Å². The molecule has 1 saturated carbocycles. The summed E-state index contributed by atoms with van der Waals surface area (Å²) in [6, 6.07) is 2.03. The van der Waals surface area contributed by atoms with Crippen molar-refractivity contribution in [1.29, 1.82) is 0 Å². The number of aliphatic hydroxyl groups excluding tert-OH is 1. The van der Waals surface area contributed by atoms with Gasteiger partial charge in [-0.2, -0.15) is 0 Å². The fourth-order valence-electron chi connectivity index (χ4n) is 2.01. The fourth-order valence-corrected chi connectivity index (χ4v) is 4.18. The molecule has 1 nitrogen and oxygen atoms in total. The Labute approximate surface area is 105 Å². The molecule has 0 aliphatic heterocycles. The van der Waals surface area contributed by atoms with Crippen molar-refractivity contribution >= 4 is 43.2 Å². The monoisotopic (exact) mass is 338 g/mol. The van der Waals surface area contributed by atoms with Gasteiger partial charge in [-0.05, 0) is 56.7 Å². The van der Waals surface area contributed by atoms with E-state index in [0.29, 0.717) is 5.92 Å². The molecule has 4 heteroatoms. The molecule has 1 aliphatic rings. The highest BCUT2D eigenvalue weighted by atomic mass is 79.9. The summed E-state index contributed by atoms with van der Waals surface area (Å²) < 4.78 is 2.12. The molecule has 1 fully saturated rings. The fraction of sp³-hybridized carbons (Fsp3) is 0.600. The minimum atomic E-state index is -0.259. The number of aliphatic hydroxyl groups is 1. The van der Waals surface area contributed by atoms with Crippen LogP contribution in [0.2, 0.25) is 0 Å². The minimum absolute atomic E-state index is 0.259. The summed E-state index contributed by atoms with van der Waals surface area (Å²) in [6.45, 7) is 0. The van der Waals surface area contributed by atoms with Crippen LogP contribution < -0.4 is 0 Å². The molecule has 1 atom stereocenters. The van der Waals surface area contributed by atoms with Crippen molar-refractivity contribution < 1.29 is 5.11 Å². The van der Waals surface area contributed by atoms with E-state index < -0.39 is 0 Å². The predicted octanol–water partition coefficient (Wildman–Crippen LogP) is 4.50. The predicted molar refractivity (Wildman–Crippen MR) is 66.6 cm³/mol. The van der Waals surface area contributed by atoms with Crippen LogP contribution >= 0.6 is 43.2 Å². The number of hydrogen-bond acceptors (Lipinski definition) is 2. The molecule has 2 rings (SSSR count). The lowest BCUT2D eigenvalue weighted by Gasteiger charge is -2.15. The van der Waals surface area contributed by atoms with E-state index in [4.69, 9.17) is 0 Å². The highest BCUT2D eigenvalue weighted by Crippen LogP contribution is 2.41. The van der Waals surface area contributed by atoms with Crippen LogP contribution in [-0.2, 0) is 0 Å². The van der Waals surface area contributed by atoms with Gasteiger partial charge in [0.1, 0.15) is 0 Å². The van der Waals surface area contributed by atoms with Gasteiger partial charge in [-0.3, -0.25) is 0 Å². The summed E-state index contributed by atoms with van der Waals surface area (Å²) in [5.41, 5.74) is 0. The highest BCUT2D eigenvalue weighted by Gasteiger charge is 2.26. The Kier molecular flexibility index (Phi) is 3.68. The number of rotatable bonds is 2. The number of hydrogen-bond donors (Lipinski definition) is 1. The second-order valence-electron chi connectivity index (χ2n) is 3.76. The lowest BCUT2D eigenvalue weighted by molar-refractivity contribution is 0.115. The van der Waals surface area contributed by atoms with Crippen molar-refractivity contribution in [2.24, 2.45) is 5.92 Å². The zero-order valence-electron chi connectivity index (χ0n) is 7.67. The molecule has 78 valence electrons. The first-order valence-electron chi connectivity index (χ1n) is 4.81. The maximum atomic E-state index is 10.1. The molecule has 0 bridgehead atoms. The molecule has 1 aliphatic carbocycles. The van der Waals surface area contributed by atoms with Crippen molar-refractivity contribution in [3.8, 4) is 0 Å². The summed E-state index contributed by atoms with van der Waals surface area (Å²) in [5, 5.41) is 10.1. The second kappa shape index (κ2) is 4.64. The van der Waals surface area contributed by atoms with Crippen LogP contribution in [0.4, 0.5) is 0 Å². The molecule has 1 heterocycles. The van der Waals surface area contributed by atoms with Gasteiger partial charge < -0.3 is 5.11 Å². The summed E-state index contributed by atoms with van der Waals surface area (Å²) >= 11 is 8.53. The summed E-state index contributed by atoms with van der Waals surface area (Å²) in [6.07, 6.45) is 4.64. The topological polar surface area (TPSA) is 20.2 Å². The standard InChI is InChI=1S/C10H12Br2OS/c11-7-5-8(14-10(7)12)9(13)6-3-1-2-4-6/h5-6,9,13H,1-4H2. The van der Waals surface area contributed by atoms with E-state index >= 15 is 0 Å². The third-order valence-corrected chi connectivity index (χ3v) is 6.13. The molecule has 0 radical (unpaired) electrons. The third-order valence-electron chi connectivity index (χ3n) is 2.80. The third kappa shape index (κ3) is 2.23. The lowest BCUT2D eigenvalue weighted by Crippen LogP contribution is -2.06. The SMILES string of the molecule is OC(c1cc(Br)c(Br)s1)C1CCCC1. The molecular formula is C10H12Br2OS. The molecule has 0 amide bonds. The Hall–Kier alpha value is 0.620. The Morgan fingerprint density at radius 1 is 1.36 bits per heavy atom. The molecule has 1 aromatic rings. The van der Waals surface area contributed by atoms with E-state index in [1.165, 1.54) is 25.7 Å². The number of halogens is 2. The van der Waals surface area contributed by atoms with Crippen LogP contribution in [-0.4, -0.2) is 5.11 Å². The number of thiophene rings is 1. The van der Waals surface area contributed by atoms with Gasteiger partial charge in [0, 0.05) is 9.35 Å². The molecule has 0 saturated heterocycles. The van der Waals surface area contributed by atoms with E-state index in [2.05, 4.69) is 31.9 Å². The Morgan fingerprint density at radius 2 is 2.00 bits per heavy atom. The maximum absolute atomic E-state index is 10.1. The molecule has 1 aromatic heterocycles. The molecular weight excluding hydrogens is 328 g/mol. The quantitative estimate of drug-likeness (QED) is 0.841. The Bertz CT molecular complexity index is 298. The van der Waals surface area contributed by atoms with Gasteiger partial charge in [0.25, 0.3) is 0 Å². The first kappa shape index (κ1) is 11.1. The molecule has 0 aromatic carbocycles. The zero-order chi connectivity index (χ0) is 10.1. The van der Waals surface area contributed by atoms with E-state index in [9.17, 15) is 5.11 Å². The van der Waals surface area contributed by atoms with Gasteiger partial charge in [-0.1, -0.05) is 12.8 Å². The van der Waals surface area contributed by atoms with Crippen molar-refractivity contribution in [3.05, 3.63) is 19.2 Å². The van der Waals surface area contributed by atoms with Crippen LogP contribution in [0.15, 0.2) is 14.3 Å². The van der Waals surface area contributed by atoms with Gasteiger partial charge in [0.15, 0.2) is 0 Å². The molecule has 0 spiro atoms. The van der Waals surface area contributed by atoms with E-state index in [0.717, 1.165) is 13.1 Å².